The highest BCUT2D eigenvalue weighted by molar-refractivity contribution is 9.09. The highest BCUT2D eigenvalue weighted by atomic mass is 79.9. The second kappa shape index (κ2) is 4.48. The molecule has 3 heteroatoms. The minimum atomic E-state index is 0.699. The van der Waals surface area contributed by atoms with Crippen LogP contribution in [0.15, 0.2) is 12.1 Å². The number of hydrogen-bond acceptors (Lipinski definition) is 1. The van der Waals surface area contributed by atoms with Gasteiger partial charge in [0.05, 0.1) is 4.34 Å². The number of halogens is 2. The first-order chi connectivity index (χ1) is 5.22. The predicted octanol–water partition coefficient (Wildman–Crippen LogP) is 3.98. The van der Waals surface area contributed by atoms with Crippen LogP contribution in [-0.4, -0.2) is 5.33 Å². The summed E-state index contributed by atoms with van der Waals surface area (Å²) in [5.74, 6) is 0.699. The summed E-state index contributed by atoms with van der Waals surface area (Å²) in [4.78, 5) is 1.38. The van der Waals surface area contributed by atoms with Crippen molar-refractivity contribution in [2.24, 2.45) is 5.92 Å². The van der Waals surface area contributed by atoms with Crippen molar-refractivity contribution < 1.29 is 0 Å². The molecule has 0 saturated carbocycles. The van der Waals surface area contributed by atoms with Gasteiger partial charge in [-0.25, -0.2) is 0 Å². The van der Waals surface area contributed by atoms with Crippen LogP contribution < -0.4 is 0 Å². The molecule has 0 bridgehead atoms. The standard InChI is InChI=1S/C8H10BrClS/c1-6(5-9)4-7-2-3-8(10)11-7/h2-3,6H,4-5H2,1H3. The molecular weight excluding hydrogens is 244 g/mol. The lowest BCUT2D eigenvalue weighted by Gasteiger charge is -2.03. The van der Waals surface area contributed by atoms with Crippen molar-refractivity contribution in [1.29, 1.82) is 0 Å². The van der Waals surface area contributed by atoms with Crippen LogP contribution in [0.25, 0.3) is 0 Å². The third-order valence-electron chi connectivity index (χ3n) is 1.44. The molecule has 62 valence electrons. The van der Waals surface area contributed by atoms with Crippen molar-refractivity contribution in [2.45, 2.75) is 13.3 Å². The Balaban J connectivity index is 2.50. The SMILES string of the molecule is CC(CBr)Cc1ccc(Cl)s1. The monoisotopic (exact) mass is 252 g/mol. The summed E-state index contributed by atoms with van der Waals surface area (Å²) in [6, 6.07) is 4.06. The summed E-state index contributed by atoms with van der Waals surface area (Å²) in [5.41, 5.74) is 0. The molecule has 0 fully saturated rings. The molecule has 1 rings (SSSR count). The molecule has 1 atom stereocenters. The molecule has 0 aliphatic carbocycles. The first kappa shape index (κ1) is 9.56. The van der Waals surface area contributed by atoms with Gasteiger partial charge in [-0.05, 0) is 24.5 Å². The Labute approximate surface area is 84.7 Å². The average molecular weight is 254 g/mol. The van der Waals surface area contributed by atoms with Gasteiger partial charge >= 0.3 is 0 Å². The molecule has 0 spiro atoms. The van der Waals surface area contributed by atoms with E-state index in [4.69, 9.17) is 11.6 Å². The van der Waals surface area contributed by atoms with Crippen LogP contribution in [0.1, 0.15) is 11.8 Å². The third kappa shape index (κ3) is 3.14. The van der Waals surface area contributed by atoms with Crippen LogP contribution in [-0.2, 0) is 6.42 Å². The first-order valence-corrected chi connectivity index (χ1v) is 5.84. The Morgan fingerprint density at radius 2 is 2.36 bits per heavy atom. The van der Waals surface area contributed by atoms with Crippen LogP contribution in [0.2, 0.25) is 4.34 Å². The van der Waals surface area contributed by atoms with E-state index in [0.29, 0.717) is 5.92 Å². The smallest absolute Gasteiger partial charge is 0.0931 e. The Bertz CT molecular complexity index is 222. The molecule has 0 aliphatic heterocycles. The largest absolute Gasteiger partial charge is 0.128 e. The fourth-order valence-corrected chi connectivity index (χ4v) is 2.34. The summed E-state index contributed by atoms with van der Waals surface area (Å²) < 4.78 is 0.891. The van der Waals surface area contributed by atoms with Crippen molar-refractivity contribution in [1.82, 2.24) is 0 Å². The lowest BCUT2D eigenvalue weighted by atomic mass is 10.1. The van der Waals surface area contributed by atoms with E-state index in [1.54, 1.807) is 11.3 Å². The van der Waals surface area contributed by atoms with Gasteiger partial charge in [0, 0.05) is 10.2 Å². The highest BCUT2D eigenvalue weighted by Gasteiger charge is 2.03. The first-order valence-electron chi connectivity index (χ1n) is 3.52. The van der Waals surface area contributed by atoms with E-state index in [2.05, 4.69) is 28.9 Å². The molecule has 0 radical (unpaired) electrons. The molecule has 0 N–H and O–H groups in total. The molecule has 0 amide bonds. The molecule has 0 nitrogen and oxygen atoms in total. The number of rotatable bonds is 3. The Hall–Kier alpha value is 0.470. The number of alkyl halides is 1. The van der Waals surface area contributed by atoms with E-state index in [9.17, 15) is 0 Å². The lowest BCUT2D eigenvalue weighted by Crippen LogP contribution is -1.98. The lowest BCUT2D eigenvalue weighted by molar-refractivity contribution is 0.670. The average Bonchev–Trinajstić information content (AvgIpc) is 2.35. The van der Waals surface area contributed by atoms with E-state index in [-0.39, 0.29) is 0 Å². The van der Waals surface area contributed by atoms with Crippen molar-refractivity contribution in [3.8, 4) is 0 Å². The van der Waals surface area contributed by atoms with Gasteiger partial charge in [-0.1, -0.05) is 34.5 Å². The van der Waals surface area contributed by atoms with Gasteiger partial charge in [-0.3, -0.25) is 0 Å². The minimum Gasteiger partial charge on any atom is -0.128 e. The summed E-state index contributed by atoms with van der Waals surface area (Å²) in [6.07, 6.45) is 1.13. The van der Waals surface area contributed by atoms with Crippen molar-refractivity contribution >= 4 is 38.9 Å². The Morgan fingerprint density at radius 3 is 2.82 bits per heavy atom. The van der Waals surface area contributed by atoms with E-state index < -0.39 is 0 Å². The van der Waals surface area contributed by atoms with E-state index in [1.165, 1.54) is 4.88 Å². The normalized spacial score (nSPS) is 13.4. The van der Waals surface area contributed by atoms with Crippen LogP contribution in [0.3, 0.4) is 0 Å². The highest BCUT2D eigenvalue weighted by Crippen LogP contribution is 2.24. The molecule has 0 saturated heterocycles. The van der Waals surface area contributed by atoms with E-state index in [0.717, 1.165) is 16.1 Å². The van der Waals surface area contributed by atoms with E-state index in [1.807, 2.05) is 6.07 Å². The Morgan fingerprint density at radius 1 is 1.64 bits per heavy atom. The van der Waals surface area contributed by atoms with Gasteiger partial charge in [-0.2, -0.15) is 0 Å². The van der Waals surface area contributed by atoms with E-state index >= 15 is 0 Å². The van der Waals surface area contributed by atoms with Gasteiger partial charge in [0.1, 0.15) is 0 Å². The summed E-state index contributed by atoms with van der Waals surface area (Å²) in [7, 11) is 0. The van der Waals surface area contributed by atoms with Gasteiger partial charge in [0.2, 0.25) is 0 Å². The molecule has 0 aliphatic rings. The second-order valence-electron chi connectivity index (χ2n) is 2.67. The zero-order valence-corrected chi connectivity index (χ0v) is 9.47. The second-order valence-corrected chi connectivity index (χ2v) is 5.12. The van der Waals surface area contributed by atoms with Crippen LogP contribution >= 0.6 is 38.9 Å². The van der Waals surface area contributed by atoms with Crippen molar-refractivity contribution in [3.63, 3.8) is 0 Å². The molecule has 1 aromatic heterocycles. The molecule has 1 aromatic rings. The molecular formula is C8H10BrClS. The zero-order valence-electron chi connectivity index (χ0n) is 6.31. The summed E-state index contributed by atoms with van der Waals surface area (Å²) in [6.45, 7) is 2.22. The maximum Gasteiger partial charge on any atom is 0.0931 e. The molecule has 1 heterocycles. The van der Waals surface area contributed by atoms with Crippen LogP contribution in [0.4, 0.5) is 0 Å². The summed E-state index contributed by atoms with van der Waals surface area (Å²) in [5, 5.41) is 1.06. The number of thiophene rings is 1. The van der Waals surface area contributed by atoms with Gasteiger partial charge in [-0.15, -0.1) is 11.3 Å². The summed E-state index contributed by atoms with van der Waals surface area (Å²) >= 11 is 10.9. The maximum atomic E-state index is 5.79. The fourth-order valence-electron chi connectivity index (χ4n) is 0.859. The van der Waals surface area contributed by atoms with Crippen LogP contribution in [0, 0.1) is 5.92 Å². The molecule has 1 unspecified atom stereocenters. The predicted molar refractivity (Wildman–Crippen MR) is 56.0 cm³/mol. The third-order valence-corrected chi connectivity index (χ3v) is 3.80. The topological polar surface area (TPSA) is 0 Å². The van der Waals surface area contributed by atoms with Gasteiger partial charge in [0.25, 0.3) is 0 Å². The zero-order chi connectivity index (χ0) is 8.27. The Kier molecular flexibility index (Phi) is 3.90. The maximum absolute atomic E-state index is 5.79. The van der Waals surface area contributed by atoms with Gasteiger partial charge in [0.15, 0.2) is 0 Å². The van der Waals surface area contributed by atoms with Gasteiger partial charge < -0.3 is 0 Å². The molecule has 11 heavy (non-hydrogen) atoms. The van der Waals surface area contributed by atoms with Crippen molar-refractivity contribution in [2.75, 3.05) is 5.33 Å². The quantitative estimate of drug-likeness (QED) is 0.715. The van der Waals surface area contributed by atoms with Crippen molar-refractivity contribution in [3.05, 3.63) is 21.3 Å². The minimum absolute atomic E-state index is 0.699. The fraction of sp³-hybridized carbons (Fsp3) is 0.500. The van der Waals surface area contributed by atoms with Crippen LogP contribution in [0.5, 0.6) is 0 Å². The molecule has 0 aromatic carbocycles. The number of hydrogen-bond donors (Lipinski definition) is 0.